The van der Waals surface area contributed by atoms with Crippen molar-refractivity contribution >= 4 is 0 Å². The molecule has 0 aromatic heterocycles. The van der Waals surface area contributed by atoms with E-state index in [1.807, 2.05) is 0 Å². The smallest absolute Gasteiger partial charge is 0.00414 e. The van der Waals surface area contributed by atoms with Gasteiger partial charge in [0.25, 0.3) is 0 Å². The molecule has 0 aromatic carbocycles. The molecule has 1 fully saturated rings. The fraction of sp³-hybridized carbons (Fsp3) is 1.00. The number of nitrogens with two attached hydrogens (primary N) is 1. The van der Waals surface area contributed by atoms with Crippen molar-refractivity contribution in [1.82, 2.24) is 0 Å². The highest BCUT2D eigenvalue weighted by Crippen LogP contribution is 2.33. The zero-order chi connectivity index (χ0) is 8.27. The summed E-state index contributed by atoms with van der Waals surface area (Å²) in [6.07, 6.45) is 6.95. The molecular weight excluding hydrogens is 134 g/mol. The van der Waals surface area contributed by atoms with Gasteiger partial charge < -0.3 is 5.73 Å². The summed E-state index contributed by atoms with van der Waals surface area (Å²) in [5, 5.41) is 0. The predicted octanol–water partition coefficient (Wildman–Crippen LogP) is 2.55. The third kappa shape index (κ3) is 2.19. The van der Waals surface area contributed by atoms with Crippen LogP contribution < -0.4 is 5.73 Å². The summed E-state index contributed by atoms with van der Waals surface area (Å²) in [6.45, 7) is 4.46. The van der Waals surface area contributed by atoms with Crippen LogP contribution in [0.3, 0.4) is 0 Å². The molecule has 0 saturated heterocycles. The largest absolute Gasteiger partial charge is 0.328 e. The molecule has 1 saturated carbocycles. The Hall–Kier alpha value is -0.0400. The van der Waals surface area contributed by atoms with Gasteiger partial charge >= 0.3 is 0 Å². The van der Waals surface area contributed by atoms with E-state index in [0.717, 1.165) is 11.8 Å². The van der Waals surface area contributed by atoms with Gasteiger partial charge in [-0.1, -0.05) is 32.6 Å². The highest BCUT2D eigenvalue weighted by Gasteiger charge is 2.25. The summed E-state index contributed by atoms with van der Waals surface area (Å²) in [5.74, 6) is 1.73. The van der Waals surface area contributed by atoms with Crippen LogP contribution in [0.4, 0.5) is 0 Å². The lowest BCUT2D eigenvalue weighted by molar-refractivity contribution is 0.203. The van der Waals surface area contributed by atoms with Gasteiger partial charge in [-0.15, -0.1) is 0 Å². The number of hydrogen-bond donors (Lipinski definition) is 1. The molecule has 0 radical (unpaired) electrons. The summed E-state index contributed by atoms with van der Waals surface area (Å²) in [4.78, 5) is 0. The molecule has 0 aliphatic heterocycles. The van der Waals surface area contributed by atoms with E-state index in [9.17, 15) is 0 Å². The Morgan fingerprint density at radius 2 is 2.00 bits per heavy atom. The Morgan fingerprint density at radius 1 is 1.36 bits per heavy atom. The number of hydrogen-bond acceptors (Lipinski definition) is 1. The van der Waals surface area contributed by atoms with E-state index < -0.39 is 0 Å². The van der Waals surface area contributed by atoms with Crippen LogP contribution in [0.25, 0.3) is 0 Å². The first-order valence-corrected chi connectivity index (χ1v) is 5.01. The van der Waals surface area contributed by atoms with E-state index in [0.29, 0.717) is 6.04 Å². The maximum Gasteiger partial charge on any atom is 0.00414 e. The monoisotopic (exact) mass is 155 g/mol. The summed E-state index contributed by atoms with van der Waals surface area (Å²) in [7, 11) is 0. The maximum atomic E-state index is 5.93. The van der Waals surface area contributed by atoms with E-state index in [4.69, 9.17) is 5.73 Å². The molecule has 0 spiro atoms. The molecule has 11 heavy (non-hydrogen) atoms. The van der Waals surface area contributed by atoms with Gasteiger partial charge in [0.15, 0.2) is 0 Å². The predicted molar refractivity (Wildman–Crippen MR) is 49.4 cm³/mol. The Labute approximate surface area is 70.4 Å². The van der Waals surface area contributed by atoms with Crippen molar-refractivity contribution in [1.29, 1.82) is 0 Å². The van der Waals surface area contributed by atoms with Gasteiger partial charge in [0.05, 0.1) is 0 Å². The Kier molecular flexibility index (Phi) is 3.38. The highest BCUT2D eigenvalue weighted by molar-refractivity contribution is 4.79. The van der Waals surface area contributed by atoms with Crippen LogP contribution in [0.5, 0.6) is 0 Å². The normalized spacial score (nSPS) is 35.2. The minimum absolute atomic E-state index is 0.417. The van der Waals surface area contributed by atoms with Crippen LogP contribution in [0.15, 0.2) is 0 Å². The Morgan fingerprint density at radius 3 is 2.45 bits per heavy atom. The van der Waals surface area contributed by atoms with Crippen molar-refractivity contribution in [3.05, 3.63) is 0 Å². The molecule has 1 aliphatic carbocycles. The fourth-order valence-electron chi connectivity index (χ4n) is 2.44. The van der Waals surface area contributed by atoms with Crippen molar-refractivity contribution in [3.63, 3.8) is 0 Å². The number of rotatable bonds is 2. The minimum Gasteiger partial charge on any atom is -0.328 e. The van der Waals surface area contributed by atoms with Crippen molar-refractivity contribution in [2.45, 2.75) is 52.0 Å². The van der Waals surface area contributed by atoms with Gasteiger partial charge in [-0.25, -0.2) is 0 Å². The molecule has 0 amide bonds. The van der Waals surface area contributed by atoms with Gasteiger partial charge in [-0.05, 0) is 25.2 Å². The minimum atomic E-state index is 0.417. The average molecular weight is 155 g/mol. The van der Waals surface area contributed by atoms with E-state index in [1.165, 1.54) is 32.1 Å². The van der Waals surface area contributed by atoms with Crippen molar-refractivity contribution in [2.75, 3.05) is 0 Å². The molecular formula is C10H21N. The van der Waals surface area contributed by atoms with Crippen LogP contribution in [0.1, 0.15) is 46.0 Å². The van der Waals surface area contributed by atoms with Crippen molar-refractivity contribution in [3.8, 4) is 0 Å². The lowest BCUT2D eigenvalue weighted by Crippen LogP contribution is -2.34. The van der Waals surface area contributed by atoms with E-state index in [2.05, 4.69) is 13.8 Å². The van der Waals surface area contributed by atoms with E-state index in [-0.39, 0.29) is 0 Å². The third-order valence-electron chi connectivity index (χ3n) is 3.17. The average Bonchev–Trinajstić information content (AvgIpc) is 2.04. The molecule has 66 valence electrons. The molecule has 3 unspecified atom stereocenters. The molecule has 0 heterocycles. The molecule has 1 heteroatoms. The zero-order valence-corrected chi connectivity index (χ0v) is 7.84. The molecule has 0 bridgehead atoms. The highest BCUT2D eigenvalue weighted by atomic mass is 14.6. The first kappa shape index (κ1) is 9.05. The second-order valence-corrected chi connectivity index (χ2v) is 3.98. The quantitative estimate of drug-likeness (QED) is 0.651. The maximum absolute atomic E-state index is 5.93. The fourth-order valence-corrected chi connectivity index (χ4v) is 2.44. The molecule has 3 atom stereocenters. The first-order chi connectivity index (χ1) is 5.25. The van der Waals surface area contributed by atoms with Gasteiger partial charge in [0.2, 0.25) is 0 Å². The van der Waals surface area contributed by atoms with Gasteiger partial charge in [-0.3, -0.25) is 0 Å². The summed E-state index contributed by atoms with van der Waals surface area (Å²) < 4.78 is 0. The molecule has 1 aliphatic rings. The van der Waals surface area contributed by atoms with Crippen molar-refractivity contribution in [2.24, 2.45) is 17.6 Å². The van der Waals surface area contributed by atoms with Crippen LogP contribution in [0.2, 0.25) is 0 Å². The second-order valence-electron chi connectivity index (χ2n) is 3.98. The van der Waals surface area contributed by atoms with Crippen LogP contribution in [-0.4, -0.2) is 6.04 Å². The van der Waals surface area contributed by atoms with Gasteiger partial charge in [0, 0.05) is 6.04 Å². The standard InChI is InChI=1S/C10H21N/c1-3-9-6-4-5-7-10(9)8(2)11/h8-10H,3-7,11H2,1-2H3. The topological polar surface area (TPSA) is 26.0 Å². The summed E-state index contributed by atoms with van der Waals surface area (Å²) >= 11 is 0. The lowest BCUT2D eigenvalue weighted by atomic mass is 9.75. The summed E-state index contributed by atoms with van der Waals surface area (Å²) in [5.41, 5.74) is 5.93. The lowest BCUT2D eigenvalue weighted by Gasteiger charge is -2.33. The molecule has 1 nitrogen and oxygen atoms in total. The van der Waals surface area contributed by atoms with Crippen LogP contribution in [0, 0.1) is 11.8 Å². The second kappa shape index (κ2) is 4.10. The zero-order valence-electron chi connectivity index (χ0n) is 7.84. The van der Waals surface area contributed by atoms with Gasteiger partial charge in [-0.2, -0.15) is 0 Å². The molecule has 2 N–H and O–H groups in total. The SMILES string of the molecule is CCC1CCCCC1C(C)N. The Bertz CT molecular complexity index is 109. The first-order valence-electron chi connectivity index (χ1n) is 5.01. The van der Waals surface area contributed by atoms with Crippen molar-refractivity contribution < 1.29 is 0 Å². The Balaban J connectivity index is 2.44. The summed E-state index contributed by atoms with van der Waals surface area (Å²) in [6, 6.07) is 0.417. The third-order valence-corrected chi connectivity index (χ3v) is 3.17. The van der Waals surface area contributed by atoms with E-state index in [1.54, 1.807) is 0 Å². The molecule has 1 rings (SSSR count). The molecule has 0 aromatic rings. The van der Waals surface area contributed by atoms with Crippen LogP contribution in [-0.2, 0) is 0 Å². The van der Waals surface area contributed by atoms with E-state index >= 15 is 0 Å². The van der Waals surface area contributed by atoms with Gasteiger partial charge in [0.1, 0.15) is 0 Å². The van der Waals surface area contributed by atoms with Crippen LogP contribution >= 0.6 is 0 Å².